The van der Waals surface area contributed by atoms with Crippen LogP contribution in [0.2, 0.25) is 10.0 Å². The van der Waals surface area contributed by atoms with E-state index in [-0.39, 0.29) is 10.7 Å². The summed E-state index contributed by atoms with van der Waals surface area (Å²) >= 11 is 13.3. The van der Waals surface area contributed by atoms with Crippen LogP contribution in [0.3, 0.4) is 0 Å². The average Bonchev–Trinajstić information content (AvgIpc) is 2.64. The number of aliphatic imine (C=N–C) groups is 1. The summed E-state index contributed by atoms with van der Waals surface area (Å²) in [5.41, 5.74) is 1.21. The lowest BCUT2D eigenvalue weighted by molar-refractivity contribution is -0.384. The fourth-order valence-corrected chi connectivity index (χ4v) is 3.26. The Labute approximate surface area is 164 Å². The molecule has 3 rings (SSSR count). The minimum absolute atomic E-state index is 0.0949. The summed E-state index contributed by atoms with van der Waals surface area (Å²) < 4.78 is 0. The zero-order chi connectivity index (χ0) is 18.5. The molecule has 0 heterocycles. The third-order valence-electron chi connectivity index (χ3n) is 3.42. The van der Waals surface area contributed by atoms with E-state index in [0.717, 1.165) is 15.4 Å². The fraction of sp³-hybridized carbons (Fsp3) is 0. The minimum atomic E-state index is -0.524. The average molecular weight is 403 g/mol. The summed E-state index contributed by atoms with van der Waals surface area (Å²) in [6.45, 7) is 0. The van der Waals surface area contributed by atoms with Crippen molar-refractivity contribution in [1.29, 1.82) is 0 Å². The van der Waals surface area contributed by atoms with Crippen molar-refractivity contribution in [2.24, 2.45) is 4.99 Å². The van der Waals surface area contributed by atoms with Gasteiger partial charge in [-0.2, -0.15) is 0 Å². The van der Waals surface area contributed by atoms with Gasteiger partial charge in [-0.15, -0.1) is 0 Å². The highest BCUT2D eigenvalue weighted by atomic mass is 35.5. The molecule has 0 saturated heterocycles. The summed E-state index contributed by atoms with van der Waals surface area (Å²) in [6.07, 6.45) is 1.66. The Balaban J connectivity index is 1.71. The van der Waals surface area contributed by atoms with Crippen LogP contribution in [0.25, 0.3) is 0 Å². The van der Waals surface area contributed by atoms with Gasteiger partial charge in [0, 0.05) is 27.1 Å². The van der Waals surface area contributed by atoms with E-state index in [9.17, 15) is 10.1 Å². The summed E-state index contributed by atoms with van der Waals surface area (Å²) in [5.74, 6) is 0. The van der Waals surface area contributed by atoms with E-state index in [0.29, 0.717) is 10.7 Å². The van der Waals surface area contributed by atoms with Crippen molar-refractivity contribution < 1.29 is 4.92 Å². The van der Waals surface area contributed by atoms with Gasteiger partial charge in [-0.1, -0.05) is 47.1 Å². The zero-order valence-corrected chi connectivity index (χ0v) is 15.6. The van der Waals surface area contributed by atoms with Crippen LogP contribution in [-0.4, -0.2) is 11.1 Å². The Morgan fingerprint density at radius 2 is 1.54 bits per heavy atom. The lowest BCUT2D eigenvalue weighted by atomic mass is 10.2. The number of benzene rings is 3. The molecule has 0 aromatic heterocycles. The molecule has 7 heteroatoms. The number of hydrogen-bond acceptors (Lipinski definition) is 4. The van der Waals surface area contributed by atoms with Crippen molar-refractivity contribution >= 4 is 52.6 Å². The van der Waals surface area contributed by atoms with Gasteiger partial charge in [0.1, 0.15) is 5.02 Å². The molecule has 0 atom stereocenters. The predicted molar refractivity (Wildman–Crippen MR) is 107 cm³/mol. The van der Waals surface area contributed by atoms with Crippen LogP contribution >= 0.6 is 35.0 Å². The van der Waals surface area contributed by atoms with Gasteiger partial charge in [0.15, 0.2) is 0 Å². The first kappa shape index (κ1) is 18.5. The van der Waals surface area contributed by atoms with Gasteiger partial charge in [0.2, 0.25) is 0 Å². The number of nitro benzene ring substituents is 1. The van der Waals surface area contributed by atoms with Crippen LogP contribution in [0.15, 0.2) is 81.5 Å². The van der Waals surface area contributed by atoms with Crippen LogP contribution in [0.1, 0.15) is 5.56 Å². The van der Waals surface area contributed by atoms with Gasteiger partial charge < -0.3 is 0 Å². The summed E-state index contributed by atoms with van der Waals surface area (Å²) in [7, 11) is 0. The number of hydrogen-bond donors (Lipinski definition) is 0. The van der Waals surface area contributed by atoms with Crippen LogP contribution in [-0.2, 0) is 0 Å². The van der Waals surface area contributed by atoms with Crippen molar-refractivity contribution in [3.8, 4) is 0 Å². The van der Waals surface area contributed by atoms with Crippen LogP contribution in [0.5, 0.6) is 0 Å². The normalized spacial score (nSPS) is 11.0. The van der Waals surface area contributed by atoms with Gasteiger partial charge in [0.25, 0.3) is 5.69 Å². The Bertz CT molecular complexity index is 958. The first-order valence-corrected chi connectivity index (χ1v) is 9.10. The SMILES string of the molecule is O=[N+]([O-])c1cc(N=Cc2ccc(Sc3ccc(Cl)cc3)cc2)ccc1Cl. The maximum atomic E-state index is 10.9. The van der Waals surface area contributed by atoms with Gasteiger partial charge in [0.05, 0.1) is 10.6 Å². The summed E-state index contributed by atoms with van der Waals surface area (Å²) in [5, 5.41) is 11.7. The molecule has 0 unspecified atom stereocenters. The lowest BCUT2D eigenvalue weighted by Gasteiger charge is -2.02. The van der Waals surface area contributed by atoms with Crippen LogP contribution in [0, 0.1) is 10.1 Å². The smallest absolute Gasteiger partial charge is 0.258 e. The molecule has 26 heavy (non-hydrogen) atoms. The highest BCUT2D eigenvalue weighted by Gasteiger charge is 2.12. The third kappa shape index (κ3) is 4.85. The van der Waals surface area contributed by atoms with E-state index >= 15 is 0 Å². The molecule has 0 radical (unpaired) electrons. The molecule has 0 spiro atoms. The molecule has 0 aliphatic rings. The van der Waals surface area contributed by atoms with E-state index in [1.807, 2.05) is 48.5 Å². The second kappa shape index (κ2) is 8.36. The zero-order valence-electron chi connectivity index (χ0n) is 13.3. The highest BCUT2D eigenvalue weighted by molar-refractivity contribution is 7.99. The van der Waals surface area contributed by atoms with Crippen molar-refractivity contribution in [3.05, 3.63) is 92.5 Å². The Kier molecular flexibility index (Phi) is 5.93. The largest absolute Gasteiger partial charge is 0.290 e. The predicted octanol–water partition coefficient (Wildman–Crippen LogP) is 6.80. The maximum absolute atomic E-state index is 10.9. The first-order valence-electron chi connectivity index (χ1n) is 7.53. The quantitative estimate of drug-likeness (QED) is 0.267. The third-order valence-corrected chi connectivity index (χ3v) is 5.01. The van der Waals surface area contributed by atoms with E-state index in [2.05, 4.69) is 4.99 Å². The second-order valence-electron chi connectivity index (χ2n) is 5.28. The summed E-state index contributed by atoms with van der Waals surface area (Å²) in [6, 6.07) is 20.0. The van der Waals surface area contributed by atoms with Crippen molar-refractivity contribution in [3.63, 3.8) is 0 Å². The van der Waals surface area contributed by atoms with E-state index in [1.165, 1.54) is 12.1 Å². The lowest BCUT2D eigenvalue weighted by Crippen LogP contribution is -1.88. The molecule has 4 nitrogen and oxygen atoms in total. The molecule has 0 aliphatic heterocycles. The minimum Gasteiger partial charge on any atom is -0.258 e. The molecule has 0 amide bonds. The Morgan fingerprint density at radius 3 is 2.15 bits per heavy atom. The molecule has 0 N–H and O–H groups in total. The van der Waals surface area contributed by atoms with Crippen molar-refractivity contribution in [2.45, 2.75) is 9.79 Å². The monoisotopic (exact) mass is 402 g/mol. The molecule has 0 saturated carbocycles. The van der Waals surface area contributed by atoms with Gasteiger partial charge in [-0.05, 0) is 54.1 Å². The topological polar surface area (TPSA) is 55.5 Å². The Morgan fingerprint density at radius 1 is 0.923 bits per heavy atom. The number of halogens is 2. The van der Waals surface area contributed by atoms with Gasteiger partial charge >= 0.3 is 0 Å². The summed E-state index contributed by atoms with van der Waals surface area (Å²) in [4.78, 5) is 16.9. The molecule has 0 bridgehead atoms. The molecule has 0 fully saturated rings. The molecular formula is C19H12Cl2N2O2S. The van der Waals surface area contributed by atoms with Gasteiger partial charge in [-0.3, -0.25) is 15.1 Å². The molecule has 3 aromatic rings. The van der Waals surface area contributed by atoms with Crippen molar-refractivity contribution in [1.82, 2.24) is 0 Å². The molecular weight excluding hydrogens is 391 g/mol. The number of rotatable bonds is 5. The second-order valence-corrected chi connectivity index (χ2v) is 7.27. The molecule has 130 valence electrons. The van der Waals surface area contributed by atoms with Gasteiger partial charge in [-0.25, -0.2) is 0 Å². The van der Waals surface area contributed by atoms with Crippen molar-refractivity contribution in [2.75, 3.05) is 0 Å². The highest BCUT2D eigenvalue weighted by Crippen LogP contribution is 2.30. The van der Waals surface area contributed by atoms with E-state index in [4.69, 9.17) is 23.2 Å². The standard InChI is InChI=1S/C19H12Cl2N2O2S/c20-14-3-8-17(9-4-14)26-16-6-1-13(2-7-16)12-22-15-5-10-18(21)19(11-15)23(24)25/h1-12H. The van der Waals surface area contributed by atoms with Crippen LogP contribution < -0.4 is 0 Å². The van der Waals surface area contributed by atoms with Crippen LogP contribution in [0.4, 0.5) is 11.4 Å². The Hall–Kier alpha value is -2.34. The first-order chi connectivity index (χ1) is 12.5. The number of nitro groups is 1. The van der Waals surface area contributed by atoms with E-state index in [1.54, 1.807) is 24.0 Å². The maximum Gasteiger partial charge on any atom is 0.290 e. The fourth-order valence-electron chi connectivity index (χ4n) is 2.13. The van der Waals surface area contributed by atoms with E-state index < -0.39 is 4.92 Å². The molecule has 0 aliphatic carbocycles. The number of nitrogens with zero attached hydrogens (tertiary/aromatic N) is 2. The molecule has 3 aromatic carbocycles.